The zero-order valence-corrected chi connectivity index (χ0v) is 8.77. The molecular formula is C7H12N2OS2. The Bertz CT molecular complexity index is 204. The van der Waals surface area contributed by atoms with Crippen molar-refractivity contribution in [3.63, 3.8) is 0 Å². The predicted octanol–water partition coefficient (Wildman–Crippen LogP) is 0.429. The molecule has 0 heterocycles. The van der Waals surface area contributed by atoms with Gasteiger partial charge in [-0.25, -0.2) is 0 Å². The summed E-state index contributed by atoms with van der Waals surface area (Å²) in [5.41, 5.74) is 0. The molecule has 0 aromatic rings. The predicted molar refractivity (Wildman–Crippen MR) is 57.6 cm³/mol. The van der Waals surface area contributed by atoms with Crippen LogP contribution in [0.2, 0.25) is 0 Å². The molecule has 5 heteroatoms. The molecule has 0 aliphatic rings. The highest BCUT2D eigenvalue weighted by Gasteiger charge is 2.05. The quantitative estimate of drug-likeness (QED) is 0.650. The van der Waals surface area contributed by atoms with Crippen molar-refractivity contribution in [1.82, 2.24) is 10.6 Å². The van der Waals surface area contributed by atoms with Crippen LogP contribution >= 0.6 is 24.4 Å². The summed E-state index contributed by atoms with van der Waals surface area (Å²) in [5.74, 6) is -0.0590. The first-order valence-electron chi connectivity index (χ1n) is 3.57. The van der Waals surface area contributed by atoms with E-state index in [1.165, 1.54) is 0 Å². The fraction of sp³-hybridized carbons (Fsp3) is 0.571. The Morgan fingerprint density at radius 1 is 1.42 bits per heavy atom. The highest BCUT2D eigenvalue weighted by molar-refractivity contribution is 7.82. The van der Waals surface area contributed by atoms with Crippen LogP contribution in [-0.4, -0.2) is 29.4 Å². The normalized spacial score (nSPS) is 8.83. The average Bonchev–Trinajstić information content (AvgIpc) is 2.02. The zero-order chi connectivity index (χ0) is 9.56. The minimum atomic E-state index is -0.0590. The maximum absolute atomic E-state index is 11.1. The molecule has 0 aromatic heterocycles. The van der Waals surface area contributed by atoms with Gasteiger partial charge in [-0.3, -0.25) is 4.79 Å². The third-order valence-electron chi connectivity index (χ3n) is 1.21. The third kappa shape index (κ3) is 5.15. The lowest BCUT2D eigenvalue weighted by Gasteiger charge is -2.03. The van der Waals surface area contributed by atoms with Crippen molar-refractivity contribution in [3.05, 3.63) is 0 Å². The van der Waals surface area contributed by atoms with Crippen molar-refractivity contribution >= 4 is 40.2 Å². The van der Waals surface area contributed by atoms with Gasteiger partial charge in [-0.1, -0.05) is 24.4 Å². The maximum Gasteiger partial charge on any atom is 0.191 e. The average molecular weight is 204 g/mol. The highest BCUT2D eigenvalue weighted by Crippen LogP contribution is 1.84. The van der Waals surface area contributed by atoms with Crippen LogP contribution in [0, 0.1) is 0 Å². The topological polar surface area (TPSA) is 41.1 Å². The number of thiocarbonyl (C=S) groups is 2. The number of Topliss-reactive ketones (excluding diaryl/α,β-unsaturated/α-hetero) is 1. The maximum atomic E-state index is 11.1. The Morgan fingerprint density at radius 2 is 2.00 bits per heavy atom. The summed E-state index contributed by atoms with van der Waals surface area (Å²) in [5, 5.41) is 5.50. The van der Waals surface area contributed by atoms with Gasteiger partial charge in [-0.05, 0) is 6.92 Å². The lowest BCUT2D eigenvalue weighted by Crippen LogP contribution is -2.29. The molecule has 0 spiro atoms. The number of nitrogens with one attached hydrogen (secondary N) is 2. The summed E-state index contributed by atoms with van der Waals surface area (Å²) in [6.45, 7) is 2.33. The Kier molecular flexibility index (Phi) is 5.74. The fourth-order valence-corrected chi connectivity index (χ4v) is 0.809. The van der Waals surface area contributed by atoms with Crippen molar-refractivity contribution in [2.45, 2.75) is 13.3 Å². The number of ketones is 1. The highest BCUT2D eigenvalue weighted by atomic mass is 32.1. The van der Waals surface area contributed by atoms with E-state index in [-0.39, 0.29) is 10.8 Å². The molecule has 0 aliphatic heterocycles. The van der Waals surface area contributed by atoms with Gasteiger partial charge >= 0.3 is 0 Å². The molecule has 0 rings (SSSR count). The Hall–Kier alpha value is -0.550. The van der Waals surface area contributed by atoms with Crippen LogP contribution in [0.5, 0.6) is 0 Å². The largest absolute Gasteiger partial charge is 0.379 e. The minimum Gasteiger partial charge on any atom is -0.379 e. The smallest absolute Gasteiger partial charge is 0.191 e. The molecule has 0 aliphatic carbocycles. The Balaban J connectivity index is 3.58. The van der Waals surface area contributed by atoms with E-state index >= 15 is 0 Å². The Morgan fingerprint density at radius 3 is 2.42 bits per heavy atom. The second kappa shape index (κ2) is 6.02. The van der Waals surface area contributed by atoms with Gasteiger partial charge < -0.3 is 10.6 Å². The number of hydrogen-bond donors (Lipinski definition) is 2. The monoisotopic (exact) mass is 204 g/mol. The summed E-state index contributed by atoms with van der Waals surface area (Å²) in [6.07, 6.45) is 0.383. The van der Waals surface area contributed by atoms with E-state index < -0.39 is 0 Å². The SMILES string of the molecule is CNC(=S)C(=O)CCNC(C)=S. The molecule has 12 heavy (non-hydrogen) atoms. The first-order valence-corrected chi connectivity index (χ1v) is 4.39. The van der Waals surface area contributed by atoms with Crippen LogP contribution in [0.3, 0.4) is 0 Å². The van der Waals surface area contributed by atoms with E-state index in [4.69, 9.17) is 24.4 Å². The van der Waals surface area contributed by atoms with Gasteiger partial charge in [0.05, 0.1) is 4.99 Å². The van der Waals surface area contributed by atoms with E-state index in [0.717, 1.165) is 0 Å². The second-order valence-corrected chi connectivity index (χ2v) is 3.26. The van der Waals surface area contributed by atoms with E-state index in [1.54, 1.807) is 14.0 Å². The van der Waals surface area contributed by atoms with Gasteiger partial charge in [0.1, 0.15) is 4.99 Å². The fourth-order valence-electron chi connectivity index (χ4n) is 0.605. The lowest BCUT2D eigenvalue weighted by molar-refractivity contribution is -0.112. The molecule has 68 valence electrons. The molecule has 0 unspecified atom stereocenters. The second-order valence-electron chi connectivity index (χ2n) is 2.24. The molecule has 0 aromatic carbocycles. The molecule has 0 radical (unpaired) electrons. The molecule has 2 N–H and O–H groups in total. The molecule has 0 bridgehead atoms. The van der Waals surface area contributed by atoms with Crippen molar-refractivity contribution in [1.29, 1.82) is 0 Å². The van der Waals surface area contributed by atoms with E-state index in [9.17, 15) is 4.79 Å². The van der Waals surface area contributed by atoms with Crippen LogP contribution in [0.25, 0.3) is 0 Å². The number of carbonyl (C=O) groups excluding carboxylic acids is 1. The van der Waals surface area contributed by atoms with Gasteiger partial charge in [0.15, 0.2) is 5.78 Å². The minimum absolute atomic E-state index is 0.0590. The number of carbonyl (C=O) groups is 1. The zero-order valence-electron chi connectivity index (χ0n) is 7.14. The summed E-state index contributed by atoms with van der Waals surface area (Å²) in [7, 11) is 1.64. The number of rotatable bonds is 4. The third-order valence-corrected chi connectivity index (χ3v) is 1.78. The van der Waals surface area contributed by atoms with Gasteiger partial charge in [0.25, 0.3) is 0 Å². The van der Waals surface area contributed by atoms with Gasteiger partial charge in [0.2, 0.25) is 0 Å². The van der Waals surface area contributed by atoms with Crippen molar-refractivity contribution in [2.24, 2.45) is 0 Å². The molecule has 0 saturated carbocycles. The molecule has 3 nitrogen and oxygen atoms in total. The molecule has 0 fully saturated rings. The summed E-state index contributed by atoms with van der Waals surface area (Å²) in [6, 6.07) is 0. The van der Waals surface area contributed by atoms with Crippen LogP contribution in [-0.2, 0) is 4.79 Å². The van der Waals surface area contributed by atoms with Crippen LogP contribution in [0.1, 0.15) is 13.3 Å². The summed E-state index contributed by atoms with van der Waals surface area (Å²) < 4.78 is 0. The lowest BCUT2D eigenvalue weighted by atomic mass is 10.3. The van der Waals surface area contributed by atoms with Crippen LogP contribution in [0.4, 0.5) is 0 Å². The van der Waals surface area contributed by atoms with E-state index in [1.807, 2.05) is 0 Å². The van der Waals surface area contributed by atoms with Crippen molar-refractivity contribution in [3.8, 4) is 0 Å². The van der Waals surface area contributed by atoms with Gasteiger partial charge in [0, 0.05) is 20.0 Å². The van der Waals surface area contributed by atoms with Crippen molar-refractivity contribution in [2.75, 3.05) is 13.6 Å². The summed E-state index contributed by atoms with van der Waals surface area (Å²) >= 11 is 9.51. The Labute approximate surface area is 82.9 Å². The molecular weight excluding hydrogens is 192 g/mol. The standard InChI is InChI=1S/C7H12N2OS2/c1-5(11)9-4-3-6(10)7(12)8-2/h3-4H2,1-2H3,(H,8,12)(H,9,11). The van der Waals surface area contributed by atoms with Crippen molar-refractivity contribution < 1.29 is 4.79 Å². The van der Waals surface area contributed by atoms with Gasteiger partial charge in [-0.15, -0.1) is 0 Å². The molecule has 0 saturated heterocycles. The number of hydrogen-bond acceptors (Lipinski definition) is 3. The first-order chi connectivity index (χ1) is 5.57. The summed E-state index contributed by atoms with van der Waals surface area (Å²) in [4.78, 5) is 12.0. The van der Waals surface area contributed by atoms with Crippen LogP contribution < -0.4 is 10.6 Å². The van der Waals surface area contributed by atoms with Crippen LogP contribution in [0.15, 0.2) is 0 Å². The van der Waals surface area contributed by atoms with E-state index in [0.29, 0.717) is 18.0 Å². The number of likely N-dealkylation sites (N-methyl/N-ethyl adjacent to an activating group) is 1. The molecule has 0 amide bonds. The van der Waals surface area contributed by atoms with Gasteiger partial charge in [-0.2, -0.15) is 0 Å². The first kappa shape index (κ1) is 11.4. The molecule has 0 atom stereocenters. The van der Waals surface area contributed by atoms with E-state index in [2.05, 4.69) is 10.6 Å².